The van der Waals surface area contributed by atoms with Gasteiger partial charge in [0.2, 0.25) is 0 Å². The van der Waals surface area contributed by atoms with Gasteiger partial charge in [-0.15, -0.1) is 0 Å². The van der Waals surface area contributed by atoms with Crippen LogP contribution >= 0.6 is 0 Å². The molecule has 1 saturated heterocycles. The van der Waals surface area contributed by atoms with Gasteiger partial charge in [0.15, 0.2) is 0 Å². The zero-order valence-electron chi connectivity index (χ0n) is 5.85. The Bertz CT molecular complexity index is 55.5. The maximum absolute atomic E-state index is 2.40. The highest BCUT2D eigenvalue weighted by Crippen LogP contribution is 2.12. The summed E-state index contributed by atoms with van der Waals surface area (Å²) in [6, 6.07) is 0.847. The van der Waals surface area contributed by atoms with Gasteiger partial charge in [0.25, 0.3) is 0 Å². The fourth-order valence-corrected chi connectivity index (χ4v) is 1.08. The van der Waals surface area contributed by atoms with Gasteiger partial charge in [-0.1, -0.05) is 0 Å². The van der Waals surface area contributed by atoms with E-state index in [0.29, 0.717) is 0 Å². The van der Waals surface area contributed by atoms with Crippen molar-refractivity contribution in [2.24, 2.45) is 0 Å². The molecule has 2 heteroatoms. The second-order valence-electron chi connectivity index (χ2n) is 2.47. The van der Waals surface area contributed by atoms with Crippen molar-refractivity contribution in [3.05, 3.63) is 0 Å². The maximum Gasteiger partial charge on any atom is 0.00643 e. The van der Waals surface area contributed by atoms with Crippen molar-refractivity contribution in [1.82, 2.24) is 11.1 Å². The molecule has 0 unspecified atom stereocenters. The summed E-state index contributed by atoms with van der Waals surface area (Å²) in [6.07, 6.45) is 2.80. The summed E-state index contributed by atoms with van der Waals surface area (Å²) < 4.78 is 0. The number of hydrogen-bond acceptors (Lipinski definition) is 2. The number of likely N-dealkylation sites (tertiary alicyclic amines) is 1. The van der Waals surface area contributed by atoms with Gasteiger partial charge in [0.05, 0.1) is 0 Å². The van der Waals surface area contributed by atoms with E-state index in [-0.39, 0.29) is 6.15 Å². The Labute approximate surface area is 51.5 Å². The van der Waals surface area contributed by atoms with Crippen LogP contribution in [0.1, 0.15) is 19.8 Å². The summed E-state index contributed by atoms with van der Waals surface area (Å²) >= 11 is 0. The first-order valence-corrected chi connectivity index (χ1v) is 3.01. The van der Waals surface area contributed by atoms with E-state index in [1.807, 2.05) is 0 Å². The van der Waals surface area contributed by atoms with Gasteiger partial charge in [0, 0.05) is 6.04 Å². The standard InChI is InChI=1S/C6H13N.H3N/c1-6-4-3-5-7(6)2;/h6H,3-5H2,1-2H3;1H3/t6-;/m0./s1. The van der Waals surface area contributed by atoms with E-state index in [0.717, 1.165) is 6.04 Å². The average Bonchev–Trinajstić information content (AvgIpc) is 1.91. The van der Waals surface area contributed by atoms with E-state index in [4.69, 9.17) is 0 Å². The molecule has 50 valence electrons. The molecule has 1 atom stereocenters. The zero-order valence-corrected chi connectivity index (χ0v) is 5.85. The Morgan fingerprint density at radius 2 is 2.12 bits per heavy atom. The third-order valence-corrected chi connectivity index (χ3v) is 1.89. The Morgan fingerprint density at radius 3 is 2.25 bits per heavy atom. The number of hydrogen-bond donors (Lipinski definition) is 1. The summed E-state index contributed by atoms with van der Waals surface area (Å²) in [5, 5.41) is 0. The lowest BCUT2D eigenvalue weighted by Crippen LogP contribution is -2.20. The fraction of sp³-hybridized carbons (Fsp3) is 1.00. The summed E-state index contributed by atoms with van der Waals surface area (Å²) in [6.45, 7) is 3.59. The second kappa shape index (κ2) is 3.05. The molecule has 1 rings (SSSR count). The topological polar surface area (TPSA) is 38.2 Å². The molecule has 3 N–H and O–H groups in total. The molecule has 1 fully saturated rings. The van der Waals surface area contributed by atoms with Gasteiger partial charge in [-0.2, -0.15) is 0 Å². The molecule has 0 aliphatic carbocycles. The number of rotatable bonds is 0. The van der Waals surface area contributed by atoms with Crippen LogP contribution in [0.5, 0.6) is 0 Å². The monoisotopic (exact) mass is 116 g/mol. The van der Waals surface area contributed by atoms with E-state index in [2.05, 4.69) is 18.9 Å². The Morgan fingerprint density at radius 1 is 1.50 bits per heavy atom. The fourth-order valence-electron chi connectivity index (χ4n) is 1.08. The first kappa shape index (κ1) is 7.92. The normalized spacial score (nSPS) is 30.0. The average molecular weight is 116 g/mol. The molecular formula is C6H16N2. The van der Waals surface area contributed by atoms with Crippen LogP contribution in [0.4, 0.5) is 0 Å². The molecule has 0 spiro atoms. The van der Waals surface area contributed by atoms with Gasteiger partial charge in [-0.3, -0.25) is 0 Å². The highest BCUT2D eigenvalue weighted by molar-refractivity contribution is 4.70. The minimum Gasteiger partial charge on any atom is -0.344 e. The van der Waals surface area contributed by atoms with Crippen LogP contribution in [-0.4, -0.2) is 24.5 Å². The van der Waals surface area contributed by atoms with Crippen LogP contribution in [0.15, 0.2) is 0 Å². The van der Waals surface area contributed by atoms with Crippen molar-refractivity contribution in [3.8, 4) is 0 Å². The highest BCUT2D eigenvalue weighted by atomic mass is 15.1. The van der Waals surface area contributed by atoms with Gasteiger partial charge >= 0.3 is 0 Å². The van der Waals surface area contributed by atoms with E-state index < -0.39 is 0 Å². The Kier molecular flexibility index (Phi) is 3.02. The third kappa shape index (κ3) is 1.46. The SMILES string of the molecule is C[C@H]1CCCN1C.N. The summed E-state index contributed by atoms with van der Waals surface area (Å²) in [5.74, 6) is 0. The minimum atomic E-state index is 0. The molecule has 2 nitrogen and oxygen atoms in total. The molecule has 1 heterocycles. The molecule has 0 aromatic carbocycles. The van der Waals surface area contributed by atoms with Crippen molar-refractivity contribution < 1.29 is 0 Å². The van der Waals surface area contributed by atoms with Crippen LogP contribution in [0, 0.1) is 0 Å². The van der Waals surface area contributed by atoms with Gasteiger partial charge in [-0.25, -0.2) is 0 Å². The van der Waals surface area contributed by atoms with Crippen LogP contribution in [0.25, 0.3) is 0 Å². The Hall–Kier alpha value is -0.0800. The molecule has 0 saturated carbocycles. The van der Waals surface area contributed by atoms with Crippen LogP contribution < -0.4 is 6.15 Å². The summed E-state index contributed by atoms with van der Waals surface area (Å²) in [5.41, 5.74) is 0. The van der Waals surface area contributed by atoms with Crippen LogP contribution in [0.3, 0.4) is 0 Å². The minimum absolute atomic E-state index is 0. The summed E-state index contributed by atoms with van der Waals surface area (Å²) in [4.78, 5) is 2.40. The van der Waals surface area contributed by atoms with E-state index >= 15 is 0 Å². The quantitative estimate of drug-likeness (QED) is 0.517. The zero-order chi connectivity index (χ0) is 5.28. The van der Waals surface area contributed by atoms with Gasteiger partial charge in [0.1, 0.15) is 0 Å². The van der Waals surface area contributed by atoms with E-state index in [1.54, 1.807) is 0 Å². The molecular weight excluding hydrogens is 100 g/mol. The first-order valence-electron chi connectivity index (χ1n) is 3.01. The van der Waals surface area contributed by atoms with E-state index in [1.165, 1.54) is 19.4 Å². The highest BCUT2D eigenvalue weighted by Gasteiger charge is 2.14. The lowest BCUT2D eigenvalue weighted by atomic mass is 10.3. The molecule has 0 radical (unpaired) electrons. The maximum atomic E-state index is 2.40. The summed E-state index contributed by atoms with van der Waals surface area (Å²) in [7, 11) is 2.19. The van der Waals surface area contributed by atoms with Crippen molar-refractivity contribution in [2.75, 3.05) is 13.6 Å². The van der Waals surface area contributed by atoms with Crippen molar-refractivity contribution >= 4 is 0 Å². The van der Waals surface area contributed by atoms with Gasteiger partial charge in [-0.05, 0) is 33.4 Å². The lowest BCUT2D eigenvalue weighted by Gasteiger charge is -2.12. The molecule has 1 aliphatic heterocycles. The largest absolute Gasteiger partial charge is 0.344 e. The first-order chi connectivity index (χ1) is 3.30. The third-order valence-electron chi connectivity index (χ3n) is 1.89. The molecule has 1 aliphatic rings. The van der Waals surface area contributed by atoms with Gasteiger partial charge < -0.3 is 11.1 Å². The molecule has 0 amide bonds. The molecule has 0 aromatic heterocycles. The predicted molar refractivity (Wildman–Crippen MR) is 36.3 cm³/mol. The van der Waals surface area contributed by atoms with Crippen molar-refractivity contribution in [2.45, 2.75) is 25.8 Å². The smallest absolute Gasteiger partial charge is 0.00643 e. The molecule has 0 bridgehead atoms. The van der Waals surface area contributed by atoms with Crippen molar-refractivity contribution in [1.29, 1.82) is 0 Å². The molecule has 8 heavy (non-hydrogen) atoms. The van der Waals surface area contributed by atoms with Crippen LogP contribution in [0.2, 0.25) is 0 Å². The van der Waals surface area contributed by atoms with Crippen molar-refractivity contribution in [3.63, 3.8) is 0 Å². The van der Waals surface area contributed by atoms with Crippen LogP contribution in [-0.2, 0) is 0 Å². The number of nitrogens with zero attached hydrogens (tertiary/aromatic N) is 1. The van der Waals surface area contributed by atoms with E-state index in [9.17, 15) is 0 Å². The second-order valence-corrected chi connectivity index (χ2v) is 2.47. The Balaban J connectivity index is 0.000000490. The lowest BCUT2D eigenvalue weighted by molar-refractivity contribution is 0.331. The molecule has 0 aromatic rings. The predicted octanol–water partition coefficient (Wildman–Crippen LogP) is 1.26.